The quantitative estimate of drug-likeness (QED) is 0.555. The van der Waals surface area contributed by atoms with Gasteiger partial charge in [-0.25, -0.2) is 0 Å². The summed E-state index contributed by atoms with van der Waals surface area (Å²) in [5, 5.41) is 0. The van der Waals surface area contributed by atoms with Gasteiger partial charge < -0.3 is 4.74 Å². The van der Waals surface area contributed by atoms with Gasteiger partial charge in [-0.05, 0) is 19.3 Å². The number of carbonyl (C=O) groups is 1. The van der Waals surface area contributed by atoms with Gasteiger partial charge in [-0.1, -0.05) is 49.1 Å². The summed E-state index contributed by atoms with van der Waals surface area (Å²) in [5.41, 5.74) is 1.92. The zero-order valence-corrected chi connectivity index (χ0v) is 10.4. The average molecular weight is 232 g/mol. The molecule has 1 aromatic carbocycles. The second-order valence-corrected chi connectivity index (χ2v) is 4.93. The van der Waals surface area contributed by atoms with Gasteiger partial charge in [-0.3, -0.25) is 4.79 Å². The second-order valence-electron chi connectivity index (χ2n) is 4.93. The summed E-state index contributed by atoms with van der Waals surface area (Å²) in [4.78, 5) is 11.8. The normalized spacial score (nSPS) is 15.6. The smallest absolute Gasteiger partial charge is 0.188 e. The van der Waals surface area contributed by atoms with Gasteiger partial charge in [0.25, 0.3) is 0 Å². The molecule has 1 aliphatic rings. The maximum Gasteiger partial charge on any atom is 0.188 e. The highest BCUT2D eigenvalue weighted by Crippen LogP contribution is 2.29. The highest BCUT2D eigenvalue weighted by molar-refractivity contribution is 5.97. The molecule has 2 nitrogen and oxygen atoms in total. The zero-order chi connectivity index (χ0) is 12.1. The lowest BCUT2D eigenvalue weighted by molar-refractivity contribution is 0.0705. The molecular weight excluding hydrogens is 212 g/mol. The van der Waals surface area contributed by atoms with E-state index in [9.17, 15) is 4.79 Å². The van der Waals surface area contributed by atoms with Crippen molar-refractivity contribution in [2.45, 2.75) is 32.6 Å². The van der Waals surface area contributed by atoms with Crippen molar-refractivity contribution in [1.82, 2.24) is 0 Å². The summed E-state index contributed by atoms with van der Waals surface area (Å²) in [6.07, 6.45) is 5.17. The van der Waals surface area contributed by atoms with Crippen molar-refractivity contribution < 1.29 is 9.53 Å². The molecule has 0 N–H and O–H groups in total. The molecule has 0 saturated heterocycles. The summed E-state index contributed by atoms with van der Waals surface area (Å²) in [5.74, 6) is 0.933. The Morgan fingerprint density at radius 3 is 2.59 bits per heavy atom. The van der Waals surface area contributed by atoms with Crippen LogP contribution >= 0.6 is 0 Å². The van der Waals surface area contributed by atoms with E-state index in [4.69, 9.17) is 4.74 Å². The van der Waals surface area contributed by atoms with Crippen LogP contribution < -0.4 is 0 Å². The van der Waals surface area contributed by atoms with E-state index in [1.54, 1.807) is 0 Å². The van der Waals surface area contributed by atoms with E-state index in [0.717, 1.165) is 24.5 Å². The first-order chi connectivity index (χ1) is 8.25. The van der Waals surface area contributed by atoms with Crippen LogP contribution in [0.5, 0.6) is 0 Å². The minimum atomic E-state index is 0.0820. The molecule has 0 radical (unpaired) electrons. The van der Waals surface area contributed by atoms with Crippen LogP contribution in [0.1, 0.15) is 41.6 Å². The van der Waals surface area contributed by atoms with Gasteiger partial charge in [0.1, 0.15) is 6.61 Å². The topological polar surface area (TPSA) is 26.3 Å². The van der Waals surface area contributed by atoms with Crippen LogP contribution in [0.3, 0.4) is 0 Å². The lowest BCUT2D eigenvalue weighted by atomic mass is 9.83. The molecule has 0 heterocycles. The number of carbonyl (C=O) groups excluding carboxylic acids is 1. The minimum absolute atomic E-state index is 0.0820. The summed E-state index contributed by atoms with van der Waals surface area (Å²) in [6.45, 7) is 2.96. The number of Topliss-reactive ketones (excluding diaryl/α,β-unsaturated/α-hetero) is 1. The van der Waals surface area contributed by atoms with Gasteiger partial charge >= 0.3 is 0 Å². The molecule has 0 aromatic heterocycles. The Kier molecular flexibility index (Phi) is 4.32. The molecule has 2 rings (SSSR count). The Bertz CT molecular complexity index is 363. The van der Waals surface area contributed by atoms with Crippen LogP contribution in [-0.4, -0.2) is 19.0 Å². The molecule has 1 saturated carbocycles. The van der Waals surface area contributed by atoms with Crippen molar-refractivity contribution in [1.29, 1.82) is 0 Å². The Morgan fingerprint density at radius 2 is 2.00 bits per heavy atom. The van der Waals surface area contributed by atoms with Crippen LogP contribution in [0.2, 0.25) is 0 Å². The number of rotatable bonds is 6. The summed E-state index contributed by atoms with van der Waals surface area (Å²) in [6, 6.07) is 7.66. The van der Waals surface area contributed by atoms with E-state index in [1.165, 1.54) is 24.8 Å². The summed E-state index contributed by atoms with van der Waals surface area (Å²) in [7, 11) is 0. The molecule has 0 spiro atoms. The molecule has 17 heavy (non-hydrogen) atoms. The molecule has 92 valence electrons. The van der Waals surface area contributed by atoms with Crippen molar-refractivity contribution >= 4 is 5.78 Å². The molecule has 0 atom stereocenters. The maximum atomic E-state index is 11.8. The average Bonchev–Trinajstić information content (AvgIpc) is 2.27. The van der Waals surface area contributed by atoms with Gasteiger partial charge in [0.2, 0.25) is 0 Å². The first kappa shape index (κ1) is 12.3. The number of ketones is 1. The largest absolute Gasteiger partial charge is 0.373 e. The fraction of sp³-hybridized carbons (Fsp3) is 0.533. The maximum absolute atomic E-state index is 11.8. The Hall–Kier alpha value is -1.15. The molecule has 1 aliphatic carbocycles. The number of hydrogen-bond acceptors (Lipinski definition) is 2. The van der Waals surface area contributed by atoms with E-state index in [0.29, 0.717) is 0 Å². The fourth-order valence-electron chi connectivity index (χ4n) is 2.02. The van der Waals surface area contributed by atoms with E-state index in [1.807, 2.05) is 31.2 Å². The monoisotopic (exact) mass is 232 g/mol. The molecule has 1 fully saturated rings. The zero-order valence-electron chi connectivity index (χ0n) is 10.4. The second kappa shape index (κ2) is 5.97. The van der Waals surface area contributed by atoms with Crippen molar-refractivity contribution in [3.63, 3.8) is 0 Å². The first-order valence-corrected chi connectivity index (χ1v) is 6.43. The first-order valence-electron chi connectivity index (χ1n) is 6.43. The Labute approximate surface area is 103 Å². The lowest BCUT2D eigenvalue weighted by Crippen LogP contribution is -2.16. The molecular formula is C15H20O2. The summed E-state index contributed by atoms with van der Waals surface area (Å²) >= 11 is 0. The highest BCUT2D eigenvalue weighted by atomic mass is 16.5. The van der Waals surface area contributed by atoms with Gasteiger partial charge in [0.05, 0.1) is 0 Å². The standard InChI is InChI=1S/C15H20O2/c1-12-5-7-14(8-6-12)15(16)11-17-10-9-13-3-2-4-13/h5-8,13H,2-4,9-11H2,1H3. The number of benzene rings is 1. The van der Waals surface area contributed by atoms with Crippen LogP contribution in [0.4, 0.5) is 0 Å². The van der Waals surface area contributed by atoms with E-state index < -0.39 is 0 Å². The van der Waals surface area contributed by atoms with Crippen LogP contribution in [-0.2, 0) is 4.74 Å². The van der Waals surface area contributed by atoms with Gasteiger partial charge in [0.15, 0.2) is 5.78 Å². The predicted octanol–water partition coefficient (Wildman–Crippen LogP) is 3.38. The predicted molar refractivity (Wildman–Crippen MR) is 68.3 cm³/mol. The molecule has 0 bridgehead atoms. The molecule has 0 amide bonds. The van der Waals surface area contributed by atoms with Crippen molar-refractivity contribution in [2.24, 2.45) is 5.92 Å². The molecule has 0 aliphatic heterocycles. The van der Waals surface area contributed by atoms with E-state index in [2.05, 4.69) is 0 Å². The third-order valence-corrected chi connectivity index (χ3v) is 3.50. The molecule has 2 heteroatoms. The number of hydrogen-bond donors (Lipinski definition) is 0. The minimum Gasteiger partial charge on any atom is -0.373 e. The Morgan fingerprint density at radius 1 is 1.29 bits per heavy atom. The van der Waals surface area contributed by atoms with Crippen molar-refractivity contribution in [3.05, 3.63) is 35.4 Å². The SMILES string of the molecule is Cc1ccc(C(=O)COCCC2CCC2)cc1. The molecule has 1 aromatic rings. The third-order valence-electron chi connectivity index (χ3n) is 3.50. The third kappa shape index (κ3) is 3.67. The van der Waals surface area contributed by atoms with Crippen molar-refractivity contribution in [3.8, 4) is 0 Å². The number of ether oxygens (including phenoxy) is 1. The van der Waals surface area contributed by atoms with Crippen LogP contribution in [0, 0.1) is 12.8 Å². The Balaban J connectivity index is 1.67. The number of aryl methyl sites for hydroxylation is 1. The van der Waals surface area contributed by atoms with Crippen LogP contribution in [0.15, 0.2) is 24.3 Å². The van der Waals surface area contributed by atoms with E-state index in [-0.39, 0.29) is 12.4 Å². The van der Waals surface area contributed by atoms with Crippen molar-refractivity contribution in [2.75, 3.05) is 13.2 Å². The molecule has 0 unspecified atom stereocenters. The van der Waals surface area contributed by atoms with E-state index >= 15 is 0 Å². The summed E-state index contributed by atoms with van der Waals surface area (Å²) < 4.78 is 5.44. The van der Waals surface area contributed by atoms with Gasteiger partial charge in [0, 0.05) is 12.2 Å². The van der Waals surface area contributed by atoms with Crippen LogP contribution in [0.25, 0.3) is 0 Å². The highest BCUT2D eigenvalue weighted by Gasteiger charge is 2.16. The lowest BCUT2D eigenvalue weighted by Gasteiger charge is -2.24. The van der Waals surface area contributed by atoms with Gasteiger partial charge in [-0.15, -0.1) is 0 Å². The van der Waals surface area contributed by atoms with Gasteiger partial charge in [-0.2, -0.15) is 0 Å². The fourth-order valence-corrected chi connectivity index (χ4v) is 2.02.